The van der Waals surface area contributed by atoms with Gasteiger partial charge >= 0.3 is 5.97 Å². The second-order valence-electron chi connectivity index (χ2n) is 5.17. The Labute approximate surface area is 146 Å². The fraction of sp³-hybridized carbons (Fsp3) is 0.235. The second-order valence-corrected chi connectivity index (χ2v) is 6.85. The summed E-state index contributed by atoms with van der Waals surface area (Å²) in [6.45, 7) is 1.86. The lowest BCUT2D eigenvalue weighted by atomic mass is 10.1. The van der Waals surface area contributed by atoms with Crippen molar-refractivity contribution in [2.24, 2.45) is 0 Å². The van der Waals surface area contributed by atoms with Crippen LogP contribution in [0, 0.1) is 6.92 Å². The highest BCUT2D eigenvalue weighted by atomic mass is 32.2. The molecule has 0 radical (unpaired) electrons. The van der Waals surface area contributed by atoms with Crippen molar-refractivity contribution in [2.45, 2.75) is 11.8 Å². The van der Waals surface area contributed by atoms with Crippen LogP contribution in [0.2, 0.25) is 0 Å². The Hall–Kier alpha value is -2.74. The summed E-state index contributed by atoms with van der Waals surface area (Å²) < 4.78 is 42.7. The summed E-state index contributed by atoms with van der Waals surface area (Å²) in [5.41, 5.74) is 1.13. The molecule has 0 saturated carbocycles. The number of methoxy groups -OCH3 is 3. The van der Waals surface area contributed by atoms with Gasteiger partial charge in [0.2, 0.25) is 0 Å². The molecule has 0 heterocycles. The first-order valence-electron chi connectivity index (χ1n) is 7.26. The first-order chi connectivity index (χ1) is 11.8. The summed E-state index contributed by atoms with van der Waals surface area (Å²) in [4.78, 5) is 11.9. The van der Waals surface area contributed by atoms with Gasteiger partial charge in [-0.1, -0.05) is 17.7 Å². The zero-order valence-corrected chi connectivity index (χ0v) is 15.1. The van der Waals surface area contributed by atoms with Crippen molar-refractivity contribution in [3.63, 3.8) is 0 Å². The summed E-state index contributed by atoms with van der Waals surface area (Å²) in [5.74, 6) is -0.269. The van der Waals surface area contributed by atoms with E-state index in [4.69, 9.17) is 9.47 Å². The van der Waals surface area contributed by atoms with Gasteiger partial charge in [0.15, 0.2) is 11.5 Å². The average Bonchev–Trinajstić information content (AvgIpc) is 2.60. The Morgan fingerprint density at radius 2 is 1.64 bits per heavy atom. The fourth-order valence-corrected chi connectivity index (χ4v) is 3.25. The molecule has 0 fully saturated rings. The number of rotatable bonds is 6. The molecule has 0 bridgehead atoms. The lowest BCUT2D eigenvalue weighted by Crippen LogP contribution is -2.15. The van der Waals surface area contributed by atoms with Crippen LogP contribution in [0.15, 0.2) is 41.3 Å². The lowest BCUT2D eigenvalue weighted by molar-refractivity contribution is 0.0600. The van der Waals surface area contributed by atoms with E-state index in [1.54, 1.807) is 12.1 Å². The van der Waals surface area contributed by atoms with Crippen LogP contribution >= 0.6 is 0 Å². The average molecular weight is 365 g/mol. The van der Waals surface area contributed by atoms with Crippen molar-refractivity contribution in [3.8, 4) is 11.5 Å². The number of hydrogen-bond acceptors (Lipinski definition) is 6. The molecule has 0 atom stereocenters. The highest BCUT2D eigenvalue weighted by Gasteiger charge is 2.21. The number of sulfonamides is 1. The Bertz CT molecular complexity index is 875. The third-order valence-electron chi connectivity index (χ3n) is 3.48. The number of nitrogens with one attached hydrogen (secondary N) is 1. The van der Waals surface area contributed by atoms with E-state index in [0.717, 1.165) is 5.56 Å². The van der Waals surface area contributed by atoms with Crippen LogP contribution in [0.1, 0.15) is 15.9 Å². The van der Waals surface area contributed by atoms with Gasteiger partial charge in [0, 0.05) is 0 Å². The van der Waals surface area contributed by atoms with Crippen molar-refractivity contribution < 1.29 is 27.4 Å². The van der Waals surface area contributed by atoms with Crippen LogP contribution in [0.4, 0.5) is 5.69 Å². The van der Waals surface area contributed by atoms with E-state index in [1.165, 1.54) is 45.6 Å². The molecule has 0 saturated heterocycles. The third kappa shape index (κ3) is 4.03. The van der Waals surface area contributed by atoms with Gasteiger partial charge in [-0.25, -0.2) is 13.2 Å². The molecule has 0 unspecified atom stereocenters. The highest BCUT2D eigenvalue weighted by Crippen LogP contribution is 2.38. The molecule has 8 heteroatoms. The van der Waals surface area contributed by atoms with E-state index >= 15 is 0 Å². The number of hydrogen-bond donors (Lipinski definition) is 1. The van der Waals surface area contributed by atoms with Crippen molar-refractivity contribution in [1.82, 2.24) is 0 Å². The minimum atomic E-state index is -3.87. The van der Waals surface area contributed by atoms with E-state index < -0.39 is 16.0 Å². The minimum absolute atomic E-state index is 0.0721. The Balaban J connectivity index is 2.53. The van der Waals surface area contributed by atoms with Crippen LogP contribution in [0.5, 0.6) is 11.5 Å². The van der Waals surface area contributed by atoms with Crippen LogP contribution < -0.4 is 14.2 Å². The topological polar surface area (TPSA) is 90.9 Å². The SMILES string of the molecule is COC(=O)c1cc(NS(=O)(=O)c2ccc(C)cc2)c(OC)c(OC)c1. The number of carbonyl (C=O) groups excluding carboxylic acids is 1. The number of benzene rings is 2. The molecular weight excluding hydrogens is 346 g/mol. The van der Waals surface area contributed by atoms with Crippen LogP contribution in [0.3, 0.4) is 0 Å². The number of anilines is 1. The molecular formula is C17H19NO6S. The summed E-state index contributed by atoms with van der Waals surface area (Å²) in [5, 5.41) is 0. The van der Waals surface area contributed by atoms with Gasteiger partial charge in [-0.05, 0) is 31.2 Å². The van der Waals surface area contributed by atoms with Crippen LogP contribution in [0.25, 0.3) is 0 Å². The molecule has 2 aromatic carbocycles. The molecule has 0 aliphatic heterocycles. The Morgan fingerprint density at radius 1 is 1.00 bits per heavy atom. The third-order valence-corrected chi connectivity index (χ3v) is 4.86. The number of carbonyl (C=O) groups is 1. The minimum Gasteiger partial charge on any atom is -0.493 e. The monoisotopic (exact) mass is 365 g/mol. The van der Waals surface area contributed by atoms with Gasteiger partial charge < -0.3 is 14.2 Å². The molecule has 2 aromatic rings. The molecule has 0 amide bonds. The normalized spacial score (nSPS) is 10.9. The van der Waals surface area contributed by atoms with Gasteiger partial charge in [0.05, 0.1) is 37.5 Å². The highest BCUT2D eigenvalue weighted by molar-refractivity contribution is 7.92. The predicted molar refractivity (Wildman–Crippen MR) is 92.9 cm³/mol. The molecule has 2 rings (SSSR count). The molecule has 25 heavy (non-hydrogen) atoms. The summed E-state index contributed by atoms with van der Waals surface area (Å²) in [6, 6.07) is 9.11. The summed E-state index contributed by atoms with van der Waals surface area (Å²) in [6.07, 6.45) is 0. The van der Waals surface area contributed by atoms with Gasteiger partial charge in [-0.2, -0.15) is 0 Å². The Kier molecular flexibility index (Phi) is 5.53. The van der Waals surface area contributed by atoms with Crippen molar-refractivity contribution >= 4 is 21.7 Å². The molecule has 1 N–H and O–H groups in total. The van der Waals surface area contributed by atoms with E-state index in [2.05, 4.69) is 9.46 Å². The Morgan fingerprint density at radius 3 is 2.16 bits per heavy atom. The molecule has 0 spiro atoms. The first-order valence-corrected chi connectivity index (χ1v) is 8.74. The quantitative estimate of drug-likeness (QED) is 0.791. The van der Waals surface area contributed by atoms with Gasteiger partial charge in [0.25, 0.3) is 10.0 Å². The molecule has 0 aromatic heterocycles. The summed E-state index contributed by atoms with van der Waals surface area (Å²) >= 11 is 0. The van der Waals surface area contributed by atoms with Crippen molar-refractivity contribution in [1.29, 1.82) is 0 Å². The van der Waals surface area contributed by atoms with Crippen molar-refractivity contribution in [3.05, 3.63) is 47.5 Å². The number of aryl methyl sites for hydroxylation is 1. The van der Waals surface area contributed by atoms with Gasteiger partial charge in [-0.15, -0.1) is 0 Å². The molecule has 7 nitrogen and oxygen atoms in total. The van der Waals surface area contributed by atoms with Crippen LogP contribution in [-0.2, 0) is 14.8 Å². The first kappa shape index (κ1) is 18.6. The predicted octanol–water partition coefficient (Wildman–Crippen LogP) is 2.60. The largest absolute Gasteiger partial charge is 0.493 e. The van der Waals surface area contributed by atoms with Gasteiger partial charge in [0.1, 0.15) is 0 Å². The van der Waals surface area contributed by atoms with E-state index in [-0.39, 0.29) is 27.6 Å². The maximum absolute atomic E-state index is 12.6. The fourth-order valence-electron chi connectivity index (χ4n) is 2.20. The second kappa shape index (κ2) is 7.43. The van der Waals surface area contributed by atoms with Gasteiger partial charge in [-0.3, -0.25) is 4.72 Å². The lowest BCUT2D eigenvalue weighted by Gasteiger charge is -2.16. The summed E-state index contributed by atoms with van der Waals surface area (Å²) in [7, 11) is 0.117. The van der Waals surface area contributed by atoms with E-state index in [0.29, 0.717) is 0 Å². The number of esters is 1. The zero-order chi connectivity index (χ0) is 18.6. The smallest absolute Gasteiger partial charge is 0.338 e. The van der Waals surface area contributed by atoms with Crippen molar-refractivity contribution in [2.75, 3.05) is 26.1 Å². The maximum Gasteiger partial charge on any atom is 0.338 e. The van der Waals surface area contributed by atoms with E-state index in [9.17, 15) is 13.2 Å². The standard InChI is InChI=1S/C17H19NO6S/c1-11-5-7-13(8-6-11)25(20,21)18-14-9-12(17(19)24-4)10-15(22-2)16(14)23-3/h5-10,18H,1-4H3. The van der Waals surface area contributed by atoms with Crippen LogP contribution in [-0.4, -0.2) is 35.7 Å². The van der Waals surface area contributed by atoms with E-state index in [1.807, 2.05) is 6.92 Å². The number of ether oxygens (including phenoxy) is 3. The molecule has 0 aliphatic rings. The maximum atomic E-state index is 12.6. The zero-order valence-electron chi connectivity index (χ0n) is 14.3. The molecule has 134 valence electrons. The molecule has 0 aliphatic carbocycles.